The van der Waals surface area contributed by atoms with Crippen molar-refractivity contribution in [2.24, 2.45) is 0 Å². The van der Waals surface area contributed by atoms with Crippen LogP contribution in [0.2, 0.25) is 0 Å². The number of carbonyl (C=O) groups is 1. The molecule has 0 radical (unpaired) electrons. The zero-order chi connectivity index (χ0) is 18.0. The van der Waals surface area contributed by atoms with Crippen molar-refractivity contribution < 1.29 is 9.72 Å². The van der Waals surface area contributed by atoms with Crippen LogP contribution >= 0.6 is 15.9 Å². The zero-order valence-electron chi connectivity index (χ0n) is 12.8. The van der Waals surface area contributed by atoms with Gasteiger partial charge in [0.1, 0.15) is 6.54 Å². The number of pyridine rings is 1. The number of hydrogen-bond acceptors (Lipinski definition) is 4. The van der Waals surface area contributed by atoms with Gasteiger partial charge in [0.15, 0.2) is 5.43 Å². The van der Waals surface area contributed by atoms with Crippen molar-refractivity contribution >= 4 is 44.1 Å². The number of aromatic nitrogens is 1. The van der Waals surface area contributed by atoms with Gasteiger partial charge in [-0.25, -0.2) is 0 Å². The average molecular weight is 402 g/mol. The van der Waals surface area contributed by atoms with Crippen molar-refractivity contribution in [2.45, 2.75) is 6.54 Å². The van der Waals surface area contributed by atoms with Crippen molar-refractivity contribution in [1.29, 1.82) is 0 Å². The number of amides is 1. The zero-order valence-corrected chi connectivity index (χ0v) is 14.4. The molecule has 0 saturated carbocycles. The highest BCUT2D eigenvalue weighted by molar-refractivity contribution is 9.10. The molecule has 1 N–H and O–H groups in total. The SMILES string of the molecule is O=C(Cn1ccc(=O)c2cc(Br)ccc21)Nc1cccc([N+](=O)[O-])c1. The van der Waals surface area contributed by atoms with Crippen molar-refractivity contribution in [2.75, 3.05) is 5.32 Å². The Hall–Kier alpha value is -3.00. The van der Waals surface area contributed by atoms with Crippen LogP contribution in [0.1, 0.15) is 0 Å². The molecule has 1 amide bonds. The predicted molar refractivity (Wildman–Crippen MR) is 97.6 cm³/mol. The lowest BCUT2D eigenvalue weighted by molar-refractivity contribution is -0.384. The summed E-state index contributed by atoms with van der Waals surface area (Å²) in [5.74, 6) is -0.353. The van der Waals surface area contributed by atoms with Crippen molar-refractivity contribution in [3.8, 4) is 0 Å². The number of benzene rings is 2. The number of nitro benzene ring substituents is 1. The van der Waals surface area contributed by atoms with Crippen LogP contribution in [0.4, 0.5) is 11.4 Å². The Bertz CT molecular complexity index is 1050. The molecule has 2 aromatic carbocycles. The lowest BCUT2D eigenvalue weighted by atomic mass is 10.2. The lowest BCUT2D eigenvalue weighted by Crippen LogP contribution is -2.20. The summed E-state index contributed by atoms with van der Waals surface area (Å²) in [6, 6.07) is 12.4. The van der Waals surface area contributed by atoms with E-state index in [4.69, 9.17) is 0 Å². The number of nitrogens with one attached hydrogen (secondary N) is 1. The lowest BCUT2D eigenvalue weighted by Gasteiger charge is -2.11. The third-order valence-corrected chi connectivity index (χ3v) is 4.09. The molecule has 0 aliphatic rings. The molecular weight excluding hydrogens is 390 g/mol. The summed E-state index contributed by atoms with van der Waals surface area (Å²) in [6.07, 6.45) is 1.55. The van der Waals surface area contributed by atoms with Crippen LogP contribution < -0.4 is 10.7 Å². The summed E-state index contributed by atoms with van der Waals surface area (Å²) >= 11 is 3.32. The highest BCUT2D eigenvalue weighted by Gasteiger charge is 2.10. The van der Waals surface area contributed by atoms with Gasteiger partial charge in [0.2, 0.25) is 5.91 Å². The van der Waals surface area contributed by atoms with E-state index in [9.17, 15) is 19.7 Å². The molecular formula is C17H12BrN3O4. The van der Waals surface area contributed by atoms with Crippen molar-refractivity contribution in [3.05, 3.63) is 79.5 Å². The van der Waals surface area contributed by atoms with E-state index < -0.39 is 4.92 Å². The van der Waals surface area contributed by atoms with Gasteiger partial charge >= 0.3 is 0 Å². The number of rotatable bonds is 4. The molecule has 7 nitrogen and oxygen atoms in total. The Kier molecular flexibility index (Phi) is 4.62. The van der Waals surface area contributed by atoms with Gasteiger partial charge in [-0.2, -0.15) is 0 Å². The number of anilines is 1. The van der Waals surface area contributed by atoms with Gasteiger partial charge in [-0.1, -0.05) is 22.0 Å². The largest absolute Gasteiger partial charge is 0.338 e. The molecule has 3 aromatic rings. The molecule has 1 heterocycles. The predicted octanol–water partition coefficient (Wildman–Crippen LogP) is 3.31. The van der Waals surface area contributed by atoms with Gasteiger partial charge in [-0.05, 0) is 24.3 Å². The fourth-order valence-corrected chi connectivity index (χ4v) is 2.84. The number of nitrogens with zero attached hydrogens (tertiary/aromatic N) is 2. The maximum absolute atomic E-state index is 12.3. The first-order valence-corrected chi connectivity index (χ1v) is 8.06. The minimum atomic E-state index is -0.525. The number of nitro groups is 1. The van der Waals surface area contributed by atoms with Crippen LogP contribution in [0.5, 0.6) is 0 Å². The van der Waals surface area contributed by atoms with Crippen molar-refractivity contribution in [1.82, 2.24) is 4.57 Å². The van der Waals surface area contributed by atoms with Crippen LogP contribution in [-0.2, 0) is 11.3 Å². The van der Waals surface area contributed by atoms with Crippen LogP contribution in [0.25, 0.3) is 10.9 Å². The van der Waals surface area contributed by atoms with E-state index >= 15 is 0 Å². The summed E-state index contributed by atoms with van der Waals surface area (Å²) in [4.78, 5) is 34.5. The van der Waals surface area contributed by atoms with Crippen LogP contribution in [0, 0.1) is 10.1 Å². The summed E-state index contributed by atoms with van der Waals surface area (Å²) in [7, 11) is 0. The summed E-state index contributed by atoms with van der Waals surface area (Å²) < 4.78 is 2.42. The maximum atomic E-state index is 12.3. The molecule has 0 spiro atoms. The summed E-state index contributed by atoms with van der Waals surface area (Å²) in [5, 5.41) is 13.9. The second-order valence-corrected chi connectivity index (χ2v) is 6.24. The third kappa shape index (κ3) is 3.74. The molecule has 0 aliphatic carbocycles. The highest BCUT2D eigenvalue weighted by atomic mass is 79.9. The standard InChI is InChI=1S/C17H12BrN3O4/c18-11-4-5-15-14(8-11)16(22)6-7-20(15)10-17(23)19-12-2-1-3-13(9-12)21(24)25/h1-9H,10H2,(H,19,23). The first-order chi connectivity index (χ1) is 11.9. The fourth-order valence-electron chi connectivity index (χ4n) is 2.47. The van der Waals surface area contributed by atoms with E-state index in [2.05, 4.69) is 21.2 Å². The Balaban J connectivity index is 1.85. The molecule has 0 fully saturated rings. The van der Waals surface area contributed by atoms with E-state index in [1.165, 1.54) is 24.3 Å². The highest BCUT2D eigenvalue weighted by Crippen LogP contribution is 2.19. The van der Waals surface area contributed by atoms with Crippen LogP contribution in [0.15, 0.2) is 64.0 Å². The van der Waals surface area contributed by atoms with Crippen LogP contribution in [-0.4, -0.2) is 15.4 Å². The van der Waals surface area contributed by atoms with E-state index in [0.717, 1.165) is 4.47 Å². The van der Waals surface area contributed by atoms with Gasteiger partial charge in [-0.3, -0.25) is 19.7 Å². The number of non-ortho nitro benzene ring substituents is 1. The molecule has 0 unspecified atom stereocenters. The molecule has 0 atom stereocenters. The molecule has 8 heteroatoms. The fraction of sp³-hybridized carbons (Fsp3) is 0.0588. The number of halogens is 1. The second-order valence-electron chi connectivity index (χ2n) is 5.32. The molecule has 1 aromatic heterocycles. The van der Waals surface area contributed by atoms with E-state index in [1.807, 2.05) is 0 Å². The molecule has 0 saturated heterocycles. The first-order valence-electron chi connectivity index (χ1n) is 7.27. The number of fused-ring (bicyclic) bond motifs is 1. The van der Waals surface area contributed by atoms with Gasteiger partial charge in [-0.15, -0.1) is 0 Å². The molecule has 3 rings (SSSR count). The van der Waals surface area contributed by atoms with Crippen LogP contribution in [0.3, 0.4) is 0 Å². The van der Waals surface area contributed by atoms with Gasteiger partial charge in [0.05, 0.1) is 10.4 Å². The molecule has 0 bridgehead atoms. The van der Waals surface area contributed by atoms with Gasteiger partial charge in [0, 0.05) is 39.9 Å². The minimum absolute atomic E-state index is 0.0267. The molecule has 0 aliphatic heterocycles. The second kappa shape index (κ2) is 6.86. The third-order valence-electron chi connectivity index (χ3n) is 3.59. The Morgan fingerprint density at radius 1 is 1.20 bits per heavy atom. The Labute approximate surface area is 150 Å². The molecule has 126 valence electrons. The quantitative estimate of drug-likeness (QED) is 0.535. The maximum Gasteiger partial charge on any atom is 0.271 e. The van der Waals surface area contributed by atoms with E-state index in [0.29, 0.717) is 16.6 Å². The normalized spacial score (nSPS) is 10.6. The Morgan fingerprint density at radius 2 is 2.00 bits per heavy atom. The van der Waals surface area contributed by atoms with Gasteiger partial charge in [0.25, 0.3) is 5.69 Å². The summed E-state index contributed by atoms with van der Waals surface area (Å²) in [5.41, 5.74) is 0.736. The number of hydrogen-bond donors (Lipinski definition) is 1. The summed E-state index contributed by atoms with van der Waals surface area (Å²) in [6.45, 7) is -0.0267. The smallest absolute Gasteiger partial charge is 0.271 e. The van der Waals surface area contributed by atoms with E-state index in [1.54, 1.807) is 35.0 Å². The Morgan fingerprint density at radius 3 is 2.76 bits per heavy atom. The topological polar surface area (TPSA) is 94.2 Å². The average Bonchev–Trinajstić information content (AvgIpc) is 2.58. The van der Waals surface area contributed by atoms with Crippen molar-refractivity contribution in [3.63, 3.8) is 0 Å². The minimum Gasteiger partial charge on any atom is -0.338 e. The van der Waals surface area contributed by atoms with E-state index in [-0.39, 0.29) is 23.6 Å². The van der Waals surface area contributed by atoms with Gasteiger partial charge < -0.3 is 9.88 Å². The first kappa shape index (κ1) is 16.8. The number of carbonyl (C=O) groups excluding carboxylic acids is 1. The monoisotopic (exact) mass is 401 g/mol. The molecule has 25 heavy (non-hydrogen) atoms.